The normalized spacial score (nSPS) is 16.7. The van der Waals surface area contributed by atoms with Crippen molar-refractivity contribution in [1.82, 2.24) is 4.57 Å². The first-order valence-electron chi connectivity index (χ1n) is 9.13. The summed E-state index contributed by atoms with van der Waals surface area (Å²) in [5.41, 5.74) is 0.994. The maximum Gasteiger partial charge on any atom is 0.341 e. The highest BCUT2D eigenvalue weighted by atomic mass is 19.1. The highest BCUT2D eigenvalue weighted by Gasteiger charge is 2.32. The summed E-state index contributed by atoms with van der Waals surface area (Å²) in [6, 6.07) is 6.54. The lowest BCUT2D eigenvalue weighted by atomic mass is 9.89. The third kappa shape index (κ3) is 2.78. The van der Waals surface area contributed by atoms with E-state index in [1.54, 1.807) is 16.7 Å². The molecule has 1 aliphatic heterocycles. The van der Waals surface area contributed by atoms with E-state index in [0.717, 1.165) is 10.9 Å². The average molecular weight is 385 g/mol. The molecular weight excluding hydrogens is 365 g/mol. The van der Waals surface area contributed by atoms with Crippen molar-refractivity contribution < 1.29 is 23.4 Å². The van der Waals surface area contributed by atoms with Crippen molar-refractivity contribution in [3.63, 3.8) is 0 Å². The van der Waals surface area contributed by atoms with E-state index in [1.807, 2.05) is 19.9 Å². The molecule has 7 heteroatoms. The number of nitrogens with zero attached hydrogens (tertiary/aromatic N) is 1. The first-order valence-corrected chi connectivity index (χ1v) is 9.13. The number of halogens is 1. The molecule has 1 N–H and O–H groups in total. The molecule has 1 aromatic carbocycles. The molecule has 0 radical (unpaired) electrons. The highest BCUT2D eigenvalue weighted by Crippen LogP contribution is 2.44. The molecule has 2 aromatic heterocycles. The van der Waals surface area contributed by atoms with Gasteiger partial charge in [-0.05, 0) is 18.4 Å². The Kier molecular flexibility index (Phi) is 4.25. The van der Waals surface area contributed by atoms with Gasteiger partial charge in [-0.15, -0.1) is 0 Å². The van der Waals surface area contributed by atoms with Gasteiger partial charge >= 0.3 is 5.97 Å². The second-order valence-corrected chi connectivity index (χ2v) is 7.37. The third-order valence-corrected chi connectivity index (χ3v) is 5.15. The van der Waals surface area contributed by atoms with Crippen molar-refractivity contribution in [2.45, 2.75) is 39.6 Å². The van der Waals surface area contributed by atoms with Crippen LogP contribution < -0.4 is 10.2 Å². The van der Waals surface area contributed by atoms with E-state index in [4.69, 9.17) is 9.15 Å². The number of rotatable bonds is 4. The van der Waals surface area contributed by atoms with Gasteiger partial charge in [-0.2, -0.15) is 0 Å². The number of ether oxygens (including phenoxy) is 1. The summed E-state index contributed by atoms with van der Waals surface area (Å²) >= 11 is 0. The van der Waals surface area contributed by atoms with Crippen molar-refractivity contribution in [2.24, 2.45) is 5.92 Å². The van der Waals surface area contributed by atoms with Crippen LogP contribution in [-0.2, 0) is 6.42 Å². The molecule has 0 aliphatic carbocycles. The van der Waals surface area contributed by atoms with Crippen LogP contribution in [0.5, 0.6) is 5.75 Å². The minimum absolute atomic E-state index is 0.0494. The van der Waals surface area contributed by atoms with Crippen LogP contribution in [0, 0.1) is 5.92 Å². The van der Waals surface area contributed by atoms with Crippen LogP contribution >= 0.6 is 0 Å². The number of aromatic carboxylic acids is 1. The van der Waals surface area contributed by atoms with Crippen molar-refractivity contribution in [1.29, 1.82) is 0 Å². The van der Waals surface area contributed by atoms with E-state index >= 15 is 0 Å². The summed E-state index contributed by atoms with van der Waals surface area (Å²) in [6.07, 6.45) is 0.495. The Morgan fingerprint density at radius 2 is 2.11 bits per heavy atom. The zero-order chi connectivity index (χ0) is 20.2. The molecule has 0 saturated heterocycles. The van der Waals surface area contributed by atoms with Gasteiger partial charge in [0.05, 0.1) is 5.69 Å². The molecular formula is C21H20FNO5. The lowest BCUT2D eigenvalue weighted by molar-refractivity contribution is 0.0694. The molecule has 1 aliphatic rings. The Hall–Kier alpha value is -3.09. The van der Waals surface area contributed by atoms with Gasteiger partial charge in [-0.25, -0.2) is 9.18 Å². The Labute approximate surface area is 160 Å². The van der Waals surface area contributed by atoms with E-state index in [2.05, 4.69) is 0 Å². The van der Waals surface area contributed by atoms with Crippen LogP contribution in [0.1, 0.15) is 42.7 Å². The topological polar surface area (TPSA) is 81.7 Å². The molecule has 3 heterocycles. The van der Waals surface area contributed by atoms with Gasteiger partial charge in [-0.1, -0.05) is 26.0 Å². The van der Waals surface area contributed by atoms with Gasteiger partial charge in [0.15, 0.2) is 22.5 Å². The maximum atomic E-state index is 13.4. The smallest absolute Gasteiger partial charge is 0.341 e. The van der Waals surface area contributed by atoms with Crippen molar-refractivity contribution >= 4 is 16.9 Å². The number of alkyl halides is 1. The molecule has 2 unspecified atom stereocenters. The SMILES string of the molecule is CC(F)Oc1cccc2c3c(oc12)-c1cc(=O)c(C(=O)O)cn1C(C(C)C)C3. The average Bonchev–Trinajstić information content (AvgIpc) is 2.99. The number of furan rings is 1. The van der Waals surface area contributed by atoms with Crippen LogP contribution in [0.4, 0.5) is 4.39 Å². The molecule has 0 fully saturated rings. The molecule has 3 aromatic rings. The number of benzene rings is 1. The Morgan fingerprint density at radius 3 is 2.75 bits per heavy atom. The number of carbonyl (C=O) groups is 1. The number of hydrogen-bond donors (Lipinski definition) is 1. The molecule has 0 spiro atoms. The van der Waals surface area contributed by atoms with Crippen LogP contribution in [0.15, 0.2) is 39.7 Å². The van der Waals surface area contributed by atoms with Gasteiger partial charge in [0.1, 0.15) is 5.56 Å². The summed E-state index contributed by atoms with van der Waals surface area (Å²) in [4.78, 5) is 23.8. The molecule has 28 heavy (non-hydrogen) atoms. The van der Waals surface area contributed by atoms with Gasteiger partial charge in [0.2, 0.25) is 6.36 Å². The number of carboxylic acid groups (broad SMARTS) is 1. The van der Waals surface area contributed by atoms with Gasteiger partial charge in [-0.3, -0.25) is 4.79 Å². The van der Waals surface area contributed by atoms with Crippen LogP contribution in [0.3, 0.4) is 0 Å². The van der Waals surface area contributed by atoms with E-state index < -0.39 is 17.8 Å². The Balaban J connectivity index is 2.01. The number of para-hydroxylation sites is 1. The first kappa shape index (κ1) is 18.3. The van der Waals surface area contributed by atoms with Crippen molar-refractivity contribution in [2.75, 3.05) is 0 Å². The largest absolute Gasteiger partial charge is 0.477 e. The summed E-state index contributed by atoms with van der Waals surface area (Å²) in [7, 11) is 0. The van der Waals surface area contributed by atoms with Crippen molar-refractivity contribution in [3.05, 3.63) is 51.8 Å². The monoisotopic (exact) mass is 385 g/mol. The van der Waals surface area contributed by atoms with Crippen LogP contribution in [0.25, 0.3) is 22.4 Å². The number of fused-ring (bicyclic) bond motifs is 5. The number of aromatic nitrogens is 1. The molecule has 6 nitrogen and oxygen atoms in total. The number of hydrogen-bond acceptors (Lipinski definition) is 4. The lowest BCUT2D eigenvalue weighted by Crippen LogP contribution is -2.27. The maximum absolute atomic E-state index is 13.4. The van der Waals surface area contributed by atoms with E-state index in [9.17, 15) is 19.1 Å². The second kappa shape index (κ2) is 6.51. The predicted octanol–water partition coefficient (Wildman–Crippen LogP) is 4.41. The predicted molar refractivity (Wildman–Crippen MR) is 102 cm³/mol. The summed E-state index contributed by atoms with van der Waals surface area (Å²) < 4.78 is 26.5. The molecule has 146 valence electrons. The first-order chi connectivity index (χ1) is 13.3. The van der Waals surface area contributed by atoms with E-state index in [-0.39, 0.29) is 17.5 Å². The lowest BCUT2D eigenvalue weighted by Gasteiger charge is -2.31. The zero-order valence-corrected chi connectivity index (χ0v) is 15.7. The van der Waals surface area contributed by atoms with E-state index in [0.29, 0.717) is 29.2 Å². The molecule has 0 amide bonds. The van der Waals surface area contributed by atoms with Gasteiger partial charge in [0.25, 0.3) is 0 Å². The Bertz CT molecular complexity index is 1140. The molecule has 2 atom stereocenters. The third-order valence-electron chi connectivity index (χ3n) is 5.15. The van der Waals surface area contributed by atoms with E-state index in [1.165, 1.54) is 19.2 Å². The van der Waals surface area contributed by atoms with Crippen molar-refractivity contribution in [3.8, 4) is 17.2 Å². The molecule has 0 bridgehead atoms. The Morgan fingerprint density at radius 1 is 1.36 bits per heavy atom. The summed E-state index contributed by atoms with van der Waals surface area (Å²) in [6.45, 7) is 5.37. The van der Waals surface area contributed by atoms with Crippen LogP contribution in [0.2, 0.25) is 0 Å². The fraction of sp³-hybridized carbons (Fsp3) is 0.333. The zero-order valence-electron chi connectivity index (χ0n) is 15.7. The standard InChI is InChI=1S/C21H20FNO5/c1-10(2)15-7-13-12-5-4-6-18(27-11(3)22)20(12)28-19(13)16-8-17(24)14(21(25)26)9-23(15)16/h4-6,8-11,15H,7H2,1-3H3,(H,25,26). The fourth-order valence-corrected chi connectivity index (χ4v) is 3.85. The summed E-state index contributed by atoms with van der Waals surface area (Å²) in [5, 5.41) is 10.1. The fourth-order valence-electron chi connectivity index (χ4n) is 3.85. The molecule has 4 rings (SSSR count). The summed E-state index contributed by atoms with van der Waals surface area (Å²) in [5.74, 6) is -0.292. The minimum atomic E-state index is -1.50. The number of carboxylic acids is 1. The van der Waals surface area contributed by atoms with Gasteiger partial charge in [0, 0.05) is 36.2 Å². The quantitative estimate of drug-likeness (QED) is 0.720. The second-order valence-electron chi connectivity index (χ2n) is 7.37. The molecule has 0 saturated carbocycles. The highest BCUT2D eigenvalue weighted by molar-refractivity contribution is 5.92. The minimum Gasteiger partial charge on any atom is -0.477 e. The van der Waals surface area contributed by atoms with Gasteiger partial charge < -0.3 is 18.8 Å². The van der Waals surface area contributed by atoms with Crippen LogP contribution in [-0.4, -0.2) is 22.0 Å². The number of pyridine rings is 1.